The first kappa shape index (κ1) is 10.6. The highest BCUT2D eigenvalue weighted by Crippen LogP contribution is 2.40. The Hall–Kier alpha value is -0.960. The Morgan fingerprint density at radius 3 is 2.67 bits per heavy atom. The largest absolute Gasteiger partial charge is 0.316 e. The molecule has 0 bridgehead atoms. The number of hydrogen-bond donors (Lipinski definition) is 1. The van der Waals surface area contributed by atoms with Gasteiger partial charge in [0.2, 0.25) is 0 Å². The van der Waals surface area contributed by atoms with Crippen molar-refractivity contribution in [1.29, 1.82) is 0 Å². The van der Waals surface area contributed by atoms with Gasteiger partial charge in [0.15, 0.2) is 0 Å². The van der Waals surface area contributed by atoms with Gasteiger partial charge in [0.25, 0.3) is 5.92 Å². The zero-order valence-electron chi connectivity index (χ0n) is 8.76. The molecule has 1 aromatic carbocycles. The minimum absolute atomic E-state index is 0.179. The first-order valence-electron chi connectivity index (χ1n) is 5.27. The van der Waals surface area contributed by atoms with Crippen LogP contribution in [0, 0.1) is 12.8 Å². The van der Waals surface area contributed by atoms with Gasteiger partial charge in [0.1, 0.15) is 0 Å². The summed E-state index contributed by atoms with van der Waals surface area (Å²) in [7, 11) is 0. The van der Waals surface area contributed by atoms with Crippen molar-refractivity contribution in [3.05, 3.63) is 35.4 Å². The van der Waals surface area contributed by atoms with Crippen molar-refractivity contribution in [2.75, 3.05) is 13.1 Å². The molecule has 1 N–H and O–H groups in total. The van der Waals surface area contributed by atoms with Crippen LogP contribution in [0.5, 0.6) is 0 Å². The number of benzene rings is 1. The summed E-state index contributed by atoms with van der Waals surface area (Å²) in [4.78, 5) is 0. The van der Waals surface area contributed by atoms with Crippen LogP contribution >= 0.6 is 0 Å². The average molecular weight is 211 g/mol. The molecule has 82 valence electrons. The molecule has 1 unspecified atom stereocenters. The Morgan fingerprint density at radius 1 is 1.33 bits per heavy atom. The van der Waals surface area contributed by atoms with Gasteiger partial charge in [-0.05, 0) is 25.5 Å². The summed E-state index contributed by atoms with van der Waals surface area (Å²) in [5.41, 5.74) is 0.855. The van der Waals surface area contributed by atoms with E-state index < -0.39 is 11.8 Å². The summed E-state index contributed by atoms with van der Waals surface area (Å²) >= 11 is 0. The highest BCUT2D eigenvalue weighted by atomic mass is 19.3. The Bertz CT molecular complexity index is 343. The summed E-state index contributed by atoms with van der Waals surface area (Å²) < 4.78 is 28.2. The van der Waals surface area contributed by atoms with Crippen molar-refractivity contribution in [3.8, 4) is 0 Å². The maximum atomic E-state index is 14.1. The normalized spacial score (nSPS) is 21.9. The first-order valence-corrected chi connectivity index (χ1v) is 5.27. The fourth-order valence-electron chi connectivity index (χ4n) is 2.13. The predicted molar refractivity (Wildman–Crippen MR) is 56.0 cm³/mol. The molecule has 0 radical (unpaired) electrons. The fourth-order valence-corrected chi connectivity index (χ4v) is 2.13. The third kappa shape index (κ3) is 1.88. The van der Waals surface area contributed by atoms with Crippen LogP contribution in [0.1, 0.15) is 17.5 Å². The van der Waals surface area contributed by atoms with Gasteiger partial charge in [0, 0.05) is 18.0 Å². The van der Waals surface area contributed by atoms with Crippen LogP contribution in [0.4, 0.5) is 8.78 Å². The van der Waals surface area contributed by atoms with E-state index in [-0.39, 0.29) is 5.56 Å². The number of hydrogen-bond acceptors (Lipinski definition) is 1. The Balaban J connectivity index is 2.31. The van der Waals surface area contributed by atoms with Crippen LogP contribution in [0.2, 0.25) is 0 Å². The second-order valence-corrected chi connectivity index (χ2v) is 4.13. The molecule has 1 aliphatic heterocycles. The van der Waals surface area contributed by atoms with Crippen LogP contribution in [0.15, 0.2) is 24.3 Å². The van der Waals surface area contributed by atoms with Crippen LogP contribution < -0.4 is 5.32 Å². The van der Waals surface area contributed by atoms with Crippen LogP contribution in [0.25, 0.3) is 0 Å². The monoisotopic (exact) mass is 211 g/mol. The van der Waals surface area contributed by atoms with E-state index in [9.17, 15) is 8.78 Å². The molecule has 1 saturated heterocycles. The number of rotatable bonds is 2. The summed E-state index contributed by atoms with van der Waals surface area (Å²) in [5, 5.41) is 2.99. The number of nitrogens with one attached hydrogen (secondary N) is 1. The number of aryl methyl sites for hydroxylation is 1. The fraction of sp³-hybridized carbons (Fsp3) is 0.500. The minimum atomic E-state index is -2.70. The molecule has 0 aromatic heterocycles. The van der Waals surface area contributed by atoms with Crippen LogP contribution in [0.3, 0.4) is 0 Å². The summed E-state index contributed by atoms with van der Waals surface area (Å²) in [5.74, 6) is -3.26. The second kappa shape index (κ2) is 3.89. The summed E-state index contributed by atoms with van der Waals surface area (Å²) in [6.07, 6.45) is 0.557. The molecule has 1 heterocycles. The Kier molecular flexibility index (Phi) is 2.74. The summed E-state index contributed by atoms with van der Waals surface area (Å²) in [6.45, 7) is 2.86. The van der Waals surface area contributed by atoms with Crippen LogP contribution in [-0.2, 0) is 5.92 Å². The lowest BCUT2D eigenvalue weighted by Crippen LogP contribution is -2.28. The van der Waals surface area contributed by atoms with Crippen molar-refractivity contribution >= 4 is 0 Å². The predicted octanol–water partition coefficient (Wildman–Crippen LogP) is 2.70. The topological polar surface area (TPSA) is 12.0 Å². The Labute approximate surface area is 88.5 Å². The molecule has 3 heteroatoms. The molecule has 1 aromatic rings. The first-order chi connectivity index (χ1) is 7.12. The van der Waals surface area contributed by atoms with E-state index in [4.69, 9.17) is 0 Å². The molecule has 0 aliphatic carbocycles. The average Bonchev–Trinajstić information content (AvgIpc) is 2.71. The highest BCUT2D eigenvalue weighted by Gasteiger charge is 2.43. The van der Waals surface area contributed by atoms with Gasteiger partial charge < -0.3 is 5.32 Å². The zero-order valence-corrected chi connectivity index (χ0v) is 8.76. The maximum Gasteiger partial charge on any atom is 0.277 e. The van der Waals surface area contributed by atoms with Gasteiger partial charge in [-0.15, -0.1) is 0 Å². The van der Waals surface area contributed by atoms with Gasteiger partial charge >= 0.3 is 0 Å². The lowest BCUT2D eigenvalue weighted by Gasteiger charge is -2.24. The molecule has 1 fully saturated rings. The van der Waals surface area contributed by atoms with Crippen molar-refractivity contribution in [2.45, 2.75) is 19.3 Å². The van der Waals surface area contributed by atoms with E-state index in [1.165, 1.54) is 6.07 Å². The minimum Gasteiger partial charge on any atom is -0.316 e. The lowest BCUT2D eigenvalue weighted by molar-refractivity contribution is -0.0580. The third-order valence-electron chi connectivity index (χ3n) is 3.08. The molecule has 0 spiro atoms. The molecule has 2 rings (SSSR count). The number of alkyl halides is 2. The highest BCUT2D eigenvalue weighted by molar-refractivity contribution is 5.30. The molecular weight excluding hydrogens is 196 g/mol. The molecule has 0 saturated carbocycles. The quantitative estimate of drug-likeness (QED) is 0.793. The maximum absolute atomic E-state index is 14.1. The van der Waals surface area contributed by atoms with Crippen molar-refractivity contribution in [1.82, 2.24) is 5.32 Å². The van der Waals surface area contributed by atoms with Gasteiger partial charge in [-0.1, -0.05) is 24.3 Å². The van der Waals surface area contributed by atoms with Gasteiger partial charge in [-0.3, -0.25) is 0 Å². The van der Waals surface area contributed by atoms with Gasteiger partial charge in [0.05, 0.1) is 0 Å². The van der Waals surface area contributed by atoms with Crippen molar-refractivity contribution in [2.24, 2.45) is 5.92 Å². The van der Waals surface area contributed by atoms with E-state index in [1.807, 2.05) is 0 Å². The molecule has 0 amide bonds. The molecular formula is C12H15F2N. The van der Waals surface area contributed by atoms with E-state index in [0.29, 0.717) is 25.1 Å². The third-order valence-corrected chi connectivity index (χ3v) is 3.08. The summed E-state index contributed by atoms with van der Waals surface area (Å²) in [6, 6.07) is 6.75. The molecule has 15 heavy (non-hydrogen) atoms. The lowest BCUT2D eigenvalue weighted by atomic mass is 9.91. The van der Waals surface area contributed by atoms with E-state index in [0.717, 1.165) is 0 Å². The van der Waals surface area contributed by atoms with Gasteiger partial charge in [-0.25, -0.2) is 8.78 Å². The smallest absolute Gasteiger partial charge is 0.277 e. The Morgan fingerprint density at radius 2 is 2.07 bits per heavy atom. The SMILES string of the molecule is Cc1ccccc1C(F)(F)C1CCNC1. The molecule has 1 atom stereocenters. The standard InChI is InChI=1S/C12H15F2N/c1-9-4-2-3-5-11(9)12(13,14)10-6-7-15-8-10/h2-5,10,15H,6-8H2,1H3. The van der Waals surface area contributed by atoms with Crippen molar-refractivity contribution in [3.63, 3.8) is 0 Å². The molecule has 1 nitrogen and oxygen atoms in total. The van der Waals surface area contributed by atoms with Gasteiger partial charge in [-0.2, -0.15) is 0 Å². The van der Waals surface area contributed by atoms with E-state index in [1.54, 1.807) is 25.1 Å². The number of halogens is 2. The van der Waals surface area contributed by atoms with Crippen molar-refractivity contribution < 1.29 is 8.78 Å². The second-order valence-electron chi connectivity index (χ2n) is 4.13. The zero-order chi connectivity index (χ0) is 10.9. The van der Waals surface area contributed by atoms with E-state index >= 15 is 0 Å². The molecule has 1 aliphatic rings. The van der Waals surface area contributed by atoms with E-state index in [2.05, 4.69) is 5.32 Å². The van der Waals surface area contributed by atoms with Crippen LogP contribution in [-0.4, -0.2) is 13.1 Å².